The van der Waals surface area contributed by atoms with Gasteiger partial charge in [-0.3, -0.25) is 0 Å². The van der Waals surface area contributed by atoms with E-state index in [-0.39, 0.29) is 5.54 Å². The van der Waals surface area contributed by atoms with Crippen LogP contribution < -0.4 is 0 Å². The van der Waals surface area contributed by atoms with Crippen molar-refractivity contribution >= 4 is 22.4 Å². The third kappa shape index (κ3) is 2.92. The van der Waals surface area contributed by atoms with Crippen LogP contribution in [0.1, 0.15) is 38.1 Å². The number of benzene rings is 2. The van der Waals surface area contributed by atoms with Gasteiger partial charge in [0.05, 0.1) is 11.2 Å². The van der Waals surface area contributed by atoms with Crippen molar-refractivity contribution in [2.24, 2.45) is 0 Å². The zero-order valence-electron chi connectivity index (χ0n) is 15.1. The first-order valence-corrected chi connectivity index (χ1v) is 9.92. The van der Waals surface area contributed by atoms with Gasteiger partial charge in [-0.25, -0.2) is 9.67 Å². The largest absolute Gasteiger partial charge is 0.239 e. The summed E-state index contributed by atoms with van der Waals surface area (Å²) in [7, 11) is 0. The van der Waals surface area contributed by atoms with Gasteiger partial charge < -0.3 is 0 Å². The molecule has 2 aromatic heterocycles. The van der Waals surface area contributed by atoms with Gasteiger partial charge >= 0.3 is 0 Å². The maximum Gasteiger partial charge on any atom is 0.121 e. The van der Waals surface area contributed by atoms with Crippen LogP contribution in [0.5, 0.6) is 0 Å². The summed E-state index contributed by atoms with van der Waals surface area (Å²) in [5, 5.41) is 12.1. The van der Waals surface area contributed by atoms with E-state index in [2.05, 4.69) is 64.6 Å². The van der Waals surface area contributed by atoms with Gasteiger partial charge in [0.1, 0.15) is 16.1 Å². The lowest BCUT2D eigenvalue weighted by Gasteiger charge is -2.28. The number of nitrogens with zero attached hydrogens (tertiary/aromatic N) is 4. The molecule has 0 saturated heterocycles. The van der Waals surface area contributed by atoms with E-state index in [0.29, 0.717) is 0 Å². The fourth-order valence-electron chi connectivity index (χ4n) is 3.32. The average Bonchev–Trinajstić information content (AvgIpc) is 3.35. The molecule has 0 aliphatic carbocycles. The summed E-state index contributed by atoms with van der Waals surface area (Å²) >= 11 is 1.71. The third-order valence-corrected chi connectivity index (χ3v) is 5.97. The van der Waals surface area contributed by atoms with Crippen molar-refractivity contribution in [3.8, 4) is 11.3 Å². The molecule has 132 valence electrons. The second-order valence-corrected chi connectivity index (χ2v) is 7.63. The van der Waals surface area contributed by atoms with Crippen LogP contribution in [-0.2, 0) is 5.54 Å². The second-order valence-electron chi connectivity index (χ2n) is 6.77. The highest BCUT2D eigenvalue weighted by Crippen LogP contribution is 2.37. The lowest BCUT2D eigenvalue weighted by Crippen LogP contribution is -2.32. The fraction of sp³-hybridized carbons (Fsp3) is 0.286. The van der Waals surface area contributed by atoms with Crippen LogP contribution in [0.25, 0.3) is 22.3 Å². The summed E-state index contributed by atoms with van der Waals surface area (Å²) in [5.74, 6) is 0. The van der Waals surface area contributed by atoms with Gasteiger partial charge in [0.2, 0.25) is 0 Å². The number of aromatic nitrogens is 4. The van der Waals surface area contributed by atoms with E-state index in [9.17, 15) is 0 Å². The topological polar surface area (TPSA) is 43.6 Å². The highest BCUT2D eigenvalue weighted by Gasteiger charge is 2.34. The van der Waals surface area contributed by atoms with E-state index in [1.165, 1.54) is 0 Å². The molecule has 26 heavy (non-hydrogen) atoms. The maximum atomic E-state index is 5.00. The van der Waals surface area contributed by atoms with Gasteiger partial charge in [-0.1, -0.05) is 67.4 Å². The Bertz CT molecular complexity index is 1000. The first kappa shape index (κ1) is 16.9. The summed E-state index contributed by atoms with van der Waals surface area (Å²) in [6.45, 7) is 4.45. The highest BCUT2D eigenvalue weighted by atomic mass is 32.1. The SMILES string of the molecule is CCCCC(C)(c1nc(-c2ccccc2)cs1)n1nnc2ccccc21. The van der Waals surface area contributed by atoms with E-state index in [4.69, 9.17) is 4.98 Å². The molecule has 5 heteroatoms. The number of fused-ring (bicyclic) bond motifs is 1. The average molecular weight is 363 g/mol. The molecule has 0 bridgehead atoms. The lowest BCUT2D eigenvalue weighted by molar-refractivity contribution is 0.320. The van der Waals surface area contributed by atoms with E-state index in [1.807, 2.05) is 24.3 Å². The van der Waals surface area contributed by atoms with Crippen LogP contribution in [0.4, 0.5) is 0 Å². The molecule has 4 rings (SSSR count). The molecule has 1 unspecified atom stereocenters. The number of thiazole rings is 1. The van der Waals surface area contributed by atoms with Crippen LogP contribution >= 0.6 is 11.3 Å². The number of para-hydroxylation sites is 1. The number of hydrogen-bond acceptors (Lipinski definition) is 4. The van der Waals surface area contributed by atoms with Crippen molar-refractivity contribution in [3.63, 3.8) is 0 Å². The predicted molar refractivity (Wildman–Crippen MR) is 107 cm³/mol. The number of hydrogen-bond donors (Lipinski definition) is 0. The molecule has 0 N–H and O–H groups in total. The number of rotatable bonds is 6. The van der Waals surface area contributed by atoms with Crippen molar-refractivity contribution in [1.29, 1.82) is 0 Å². The van der Waals surface area contributed by atoms with Gasteiger partial charge in [-0.2, -0.15) is 0 Å². The van der Waals surface area contributed by atoms with Crippen molar-refractivity contribution in [2.75, 3.05) is 0 Å². The highest BCUT2D eigenvalue weighted by molar-refractivity contribution is 7.10. The Labute approximate surface area is 157 Å². The van der Waals surface area contributed by atoms with E-state index >= 15 is 0 Å². The molecule has 1 atom stereocenters. The standard InChI is InChI=1S/C21H22N4S/c1-3-4-14-21(2,25-19-13-9-8-12-17(19)23-24-25)20-22-18(15-26-20)16-10-6-5-7-11-16/h5-13,15H,3-4,14H2,1-2H3. The fourth-order valence-corrected chi connectivity index (χ4v) is 4.33. The maximum absolute atomic E-state index is 5.00. The molecular formula is C21H22N4S. The van der Waals surface area contributed by atoms with Gasteiger partial charge in [0.15, 0.2) is 0 Å². The smallest absolute Gasteiger partial charge is 0.121 e. The zero-order valence-corrected chi connectivity index (χ0v) is 15.9. The first-order chi connectivity index (χ1) is 12.7. The van der Waals surface area contributed by atoms with Crippen LogP contribution in [0.3, 0.4) is 0 Å². The zero-order chi connectivity index (χ0) is 18.0. The van der Waals surface area contributed by atoms with Crippen molar-refractivity contribution in [3.05, 3.63) is 65.0 Å². The minimum atomic E-state index is -0.302. The Morgan fingerprint density at radius 3 is 2.62 bits per heavy atom. The quantitative estimate of drug-likeness (QED) is 0.454. The molecule has 0 spiro atoms. The summed E-state index contributed by atoms with van der Waals surface area (Å²) < 4.78 is 2.06. The molecule has 2 heterocycles. The summed E-state index contributed by atoms with van der Waals surface area (Å²) in [5.41, 5.74) is 3.86. The predicted octanol–water partition coefficient (Wildman–Crippen LogP) is 5.51. The monoisotopic (exact) mass is 362 g/mol. The van der Waals surface area contributed by atoms with Gasteiger partial charge in [0, 0.05) is 10.9 Å². The molecule has 0 amide bonds. The van der Waals surface area contributed by atoms with Crippen molar-refractivity contribution in [1.82, 2.24) is 20.0 Å². The number of unbranched alkanes of at least 4 members (excludes halogenated alkanes) is 1. The normalized spacial score (nSPS) is 13.8. The molecule has 0 aliphatic heterocycles. The molecule has 0 aliphatic rings. The molecular weight excluding hydrogens is 340 g/mol. The Morgan fingerprint density at radius 1 is 1.04 bits per heavy atom. The molecule has 2 aromatic carbocycles. The summed E-state index contributed by atoms with van der Waals surface area (Å²) in [6.07, 6.45) is 3.24. The molecule has 4 nitrogen and oxygen atoms in total. The Hall–Kier alpha value is -2.53. The van der Waals surface area contributed by atoms with Gasteiger partial charge in [-0.15, -0.1) is 16.4 Å². The Balaban J connectivity index is 1.81. The minimum Gasteiger partial charge on any atom is -0.239 e. The van der Waals surface area contributed by atoms with E-state index in [1.54, 1.807) is 11.3 Å². The molecule has 0 fully saturated rings. The second kappa shape index (κ2) is 7.00. The third-order valence-electron chi connectivity index (χ3n) is 4.87. The molecule has 0 radical (unpaired) electrons. The van der Waals surface area contributed by atoms with E-state index in [0.717, 1.165) is 46.6 Å². The minimum absolute atomic E-state index is 0.302. The molecule has 4 aromatic rings. The van der Waals surface area contributed by atoms with Crippen LogP contribution in [0.15, 0.2) is 60.0 Å². The van der Waals surface area contributed by atoms with Crippen LogP contribution in [0, 0.1) is 0 Å². The van der Waals surface area contributed by atoms with Gasteiger partial charge in [-0.05, 0) is 25.5 Å². The Kier molecular flexibility index (Phi) is 4.55. The Morgan fingerprint density at radius 2 is 1.81 bits per heavy atom. The summed E-state index contributed by atoms with van der Waals surface area (Å²) in [4.78, 5) is 5.00. The van der Waals surface area contributed by atoms with Crippen LogP contribution in [-0.4, -0.2) is 20.0 Å². The lowest BCUT2D eigenvalue weighted by atomic mass is 9.95. The van der Waals surface area contributed by atoms with Crippen LogP contribution in [0.2, 0.25) is 0 Å². The molecule has 0 saturated carbocycles. The van der Waals surface area contributed by atoms with Gasteiger partial charge in [0.25, 0.3) is 0 Å². The van der Waals surface area contributed by atoms with Crippen molar-refractivity contribution < 1.29 is 0 Å². The van der Waals surface area contributed by atoms with E-state index < -0.39 is 0 Å². The first-order valence-electron chi connectivity index (χ1n) is 9.05. The van der Waals surface area contributed by atoms with Crippen molar-refractivity contribution in [2.45, 2.75) is 38.6 Å². The summed E-state index contributed by atoms with van der Waals surface area (Å²) in [6, 6.07) is 18.5.